The lowest BCUT2D eigenvalue weighted by atomic mass is 10.1. The highest BCUT2D eigenvalue weighted by atomic mass is 35.5. The zero-order valence-corrected chi connectivity index (χ0v) is 17.9. The fourth-order valence-corrected chi connectivity index (χ4v) is 5.26. The summed E-state index contributed by atoms with van der Waals surface area (Å²) in [7, 11) is -2.28. The molecule has 0 radical (unpaired) electrons. The molecule has 1 aliphatic heterocycles. The first-order chi connectivity index (χ1) is 13.0. The second-order valence-electron chi connectivity index (χ2n) is 7.34. The zero-order chi connectivity index (χ0) is 19.4. The average molecular weight is 432 g/mol. The molecular formula is C19H30ClN3O4S. The number of nitrogens with one attached hydrogen (secondary N) is 1. The standard InChI is InChI=1S/C19H29N3O4S.ClH/c1-26-17-9-8-15(19(23)21-16(13-20)14-6-7-14)12-18(17)27(24,25)22-10-4-2-3-5-11-22;/h8-9,12,14,16H,2-7,10-11,13,20H2,1H3,(H,21,23);1H. The molecule has 1 aromatic carbocycles. The molecule has 2 aliphatic rings. The van der Waals surface area contributed by atoms with Gasteiger partial charge in [-0.15, -0.1) is 12.4 Å². The Balaban J connectivity index is 0.00000280. The van der Waals surface area contributed by atoms with Crippen molar-refractivity contribution in [2.24, 2.45) is 11.7 Å². The van der Waals surface area contributed by atoms with E-state index in [2.05, 4.69) is 5.32 Å². The van der Waals surface area contributed by atoms with Gasteiger partial charge >= 0.3 is 0 Å². The van der Waals surface area contributed by atoms with Gasteiger partial charge in [-0.2, -0.15) is 4.31 Å². The summed E-state index contributed by atoms with van der Waals surface area (Å²) < 4.78 is 33.2. The van der Waals surface area contributed by atoms with Crippen molar-refractivity contribution in [2.75, 3.05) is 26.7 Å². The minimum atomic E-state index is -3.72. The van der Waals surface area contributed by atoms with Gasteiger partial charge in [0.1, 0.15) is 10.6 Å². The molecule has 3 N–H and O–H groups in total. The number of amides is 1. The summed E-state index contributed by atoms with van der Waals surface area (Å²) in [6.45, 7) is 1.38. The van der Waals surface area contributed by atoms with E-state index in [0.29, 0.717) is 31.1 Å². The quantitative estimate of drug-likeness (QED) is 0.688. The third kappa shape index (κ3) is 5.17. The monoisotopic (exact) mass is 431 g/mol. The Morgan fingerprint density at radius 2 is 1.89 bits per heavy atom. The lowest BCUT2D eigenvalue weighted by Gasteiger charge is -2.22. The van der Waals surface area contributed by atoms with E-state index in [4.69, 9.17) is 10.5 Å². The number of carbonyl (C=O) groups excluding carboxylic acids is 1. The minimum absolute atomic E-state index is 0. The zero-order valence-electron chi connectivity index (χ0n) is 16.2. The van der Waals surface area contributed by atoms with E-state index in [1.165, 1.54) is 17.5 Å². The van der Waals surface area contributed by atoms with E-state index in [9.17, 15) is 13.2 Å². The van der Waals surface area contributed by atoms with Crippen LogP contribution in [0.2, 0.25) is 0 Å². The normalized spacial score (nSPS) is 19.2. The maximum atomic E-state index is 13.2. The maximum Gasteiger partial charge on any atom is 0.251 e. The molecule has 0 bridgehead atoms. The summed E-state index contributed by atoms with van der Waals surface area (Å²) in [4.78, 5) is 12.7. The Bertz CT molecular complexity index is 775. The first-order valence-corrected chi connectivity index (χ1v) is 11.1. The van der Waals surface area contributed by atoms with Gasteiger partial charge in [-0.05, 0) is 49.8 Å². The van der Waals surface area contributed by atoms with Crippen molar-refractivity contribution in [3.8, 4) is 5.75 Å². The van der Waals surface area contributed by atoms with Gasteiger partial charge in [0.2, 0.25) is 10.0 Å². The summed E-state index contributed by atoms with van der Waals surface area (Å²) in [5, 5.41) is 2.94. The van der Waals surface area contributed by atoms with E-state index in [-0.39, 0.29) is 35.0 Å². The van der Waals surface area contributed by atoms with Crippen LogP contribution in [0.15, 0.2) is 23.1 Å². The van der Waals surface area contributed by atoms with E-state index in [0.717, 1.165) is 38.5 Å². The van der Waals surface area contributed by atoms with E-state index < -0.39 is 10.0 Å². The molecular weight excluding hydrogens is 402 g/mol. The molecule has 1 heterocycles. The molecule has 0 spiro atoms. The van der Waals surface area contributed by atoms with Crippen LogP contribution in [-0.2, 0) is 10.0 Å². The van der Waals surface area contributed by atoms with Crippen LogP contribution in [0.4, 0.5) is 0 Å². The van der Waals surface area contributed by atoms with Crippen LogP contribution in [0.1, 0.15) is 48.9 Å². The highest BCUT2D eigenvalue weighted by Gasteiger charge is 2.32. The third-order valence-electron chi connectivity index (χ3n) is 5.37. The van der Waals surface area contributed by atoms with Crippen molar-refractivity contribution in [1.82, 2.24) is 9.62 Å². The van der Waals surface area contributed by atoms with Crippen LogP contribution in [0.5, 0.6) is 5.75 Å². The Labute approximate surface area is 173 Å². The largest absolute Gasteiger partial charge is 0.495 e. The SMILES string of the molecule is COc1ccc(C(=O)NC(CN)C2CC2)cc1S(=O)(=O)N1CCCCCC1.Cl. The van der Waals surface area contributed by atoms with Gasteiger partial charge < -0.3 is 15.8 Å². The molecule has 1 saturated carbocycles. The van der Waals surface area contributed by atoms with Gasteiger partial charge in [-0.3, -0.25) is 4.79 Å². The second-order valence-corrected chi connectivity index (χ2v) is 9.24. The number of hydrogen-bond donors (Lipinski definition) is 2. The summed E-state index contributed by atoms with van der Waals surface area (Å²) in [6.07, 6.45) is 5.90. The third-order valence-corrected chi connectivity index (χ3v) is 7.29. The highest BCUT2D eigenvalue weighted by molar-refractivity contribution is 7.89. The van der Waals surface area contributed by atoms with Crippen molar-refractivity contribution < 1.29 is 17.9 Å². The molecule has 1 saturated heterocycles. The molecule has 0 aromatic heterocycles. The smallest absolute Gasteiger partial charge is 0.251 e. The van der Waals surface area contributed by atoms with Gasteiger partial charge in [0.05, 0.1) is 7.11 Å². The summed E-state index contributed by atoms with van der Waals surface area (Å²) in [6, 6.07) is 4.50. The summed E-state index contributed by atoms with van der Waals surface area (Å²) >= 11 is 0. The second kappa shape index (κ2) is 9.91. The lowest BCUT2D eigenvalue weighted by molar-refractivity contribution is 0.0933. The molecule has 28 heavy (non-hydrogen) atoms. The van der Waals surface area contributed by atoms with Crippen molar-refractivity contribution >= 4 is 28.3 Å². The molecule has 1 amide bonds. The predicted molar refractivity (Wildman–Crippen MR) is 111 cm³/mol. The Hall–Kier alpha value is -1.35. The highest BCUT2D eigenvalue weighted by Crippen LogP contribution is 2.33. The van der Waals surface area contributed by atoms with Gasteiger partial charge in [0.25, 0.3) is 5.91 Å². The number of sulfonamides is 1. The predicted octanol–water partition coefficient (Wildman–Crippen LogP) is 2.15. The topological polar surface area (TPSA) is 102 Å². The van der Waals surface area contributed by atoms with Crippen LogP contribution in [-0.4, -0.2) is 51.4 Å². The molecule has 3 rings (SSSR count). The van der Waals surface area contributed by atoms with Crippen molar-refractivity contribution in [2.45, 2.75) is 49.5 Å². The number of ether oxygens (including phenoxy) is 1. The number of methoxy groups -OCH3 is 1. The lowest BCUT2D eigenvalue weighted by Crippen LogP contribution is -2.41. The Morgan fingerprint density at radius 1 is 1.25 bits per heavy atom. The molecule has 1 atom stereocenters. The van der Waals surface area contributed by atoms with E-state index >= 15 is 0 Å². The van der Waals surface area contributed by atoms with E-state index in [1.54, 1.807) is 12.1 Å². The number of benzene rings is 1. The molecule has 158 valence electrons. The number of halogens is 1. The first kappa shape index (κ1) is 22.9. The van der Waals surface area contributed by atoms with Crippen molar-refractivity contribution in [1.29, 1.82) is 0 Å². The Kier molecular flexibility index (Phi) is 8.12. The molecule has 1 aromatic rings. The summed E-state index contributed by atoms with van der Waals surface area (Å²) in [5.74, 6) is 0.387. The van der Waals surface area contributed by atoms with Gasteiger partial charge in [-0.25, -0.2) is 8.42 Å². The Morgan fingerprint density at radius 3 is 2.43 bits per heavy atom. The van der Waals surface area contributed by atoms with Crippen molar-refractivity contribution in [3.63, 3.8) is 0 Å². The maximum absolute atomic E-state index is 13.2. The molecule has 1 aliphatic carbocycles. The van der Waals surface area contributed by atoms with Crippen LogP contribution in [0.25, 0.3) is 0 Å². The van der Waals surface area contributed by atoms with E-state index in [1.807, 2.05) is 0 Å². The van der Waals surface area contributed by atoms with Gasteiger partial charge in [0.15, 0.2) is 0 Å². The number of hydrogen-bond acceptors (Lipinski definition) is 5. The van der Waals surface area contributed by atoms with Crippen molar-refractivity contribution in [3.05, 3.63) is 23.8 Å². The fraction of sp³-hybridized carbons (Fsp3) is 0.632. The van der Waals surface area contributed by atoms with Gasteiger partial charge in [0, 0.05) is 31.2 Å². The molecule has 9 heteroatoms. The molecule has 2 fully saturated rings. The van der Waals surface area contributed by atoms with Crippen LogP contribution in [0.3, 0.4) is 0 Å². The number of nitrogens with zero attached hydrogens (tertiary/aromatic N) is 1. The summed E-state index contributed by atoms with van der Waals surface area (Å²) in [5.41, 5.74) is 6.07. The average Bonchev–Trinajstić information content (AvgIpc) is 3.52. The van der Waals surface area contributed by atoms with Crippen LogP contribution in [0, 0.1) is 5.92 Å². The van der Waals surface area contributed by atoms with Gasteiger partial charge in [-0.1, -0.05) is 12.8 Å². The fourth-order valence-electron chi connectivity index (χ4n) is 3.56. The number of nitrogens with two attached hydrogens (primary N) is 1. The number of rotatable bonds is 7. The molecule has 1 unspecified atom stereocenters. The number of carbonyl (C=O) groups is 1. The van der Waals surface area contributed by atoms with Crippen LogP contribution < -0.4 is 15.8 Å². The van der Waals surface area contributed by atoms with Crippen LogP contribution >= 0.6 is 12.4 Å². The molecule has 7 nitrogen and oxygen atoms in total. The first-order valence-electron chi connectivity index (χ1n) is 9.66. The minimum Gasteiger partial charge on any atom is -0.495 e.